The average molecular weight is 274 g/mol. The predicted molar refractivity (Wildman–Crippen MR) is 83.0 cm³/mol. The molecule has 1 aliphatic heterocycles. The van der Waals surface area contributed by atoms with E-state index in [1.807, 2.05) is 36.1 Å². The zero-order chi connectivity index (χ0) is 14.4. The molecule has 0 radical (unpaired) electrons. The maximum atomic E-state index is 12.7. The number of piperidine rings is 1. The third-order valence-corrected chi connectivity index (χ3v) is 3.92. The summed E-state index contributed by atoms with van der Waals surface area (Å²) < 4.78 is 0. The van der Waals surface area contributed by atoms with E-state index in [1.165, 1.54) is 12.8 Å². The summed E-state index contributed by atoms with van der Waals surface area (Å²) in [4.78, 5) is 14.7. The summed E-state index contributed by atoms with van der Waals surface area (Å²) in [5.41, 5.74) is 1.97. The van der Waals surface area contributed by atoms with Crippen LogP contribution in [-0.4, -0.2) is 37.0 Å². The van der Waals surface area contributed by atoms with Gasteiger partial charge in [-0.1, -0.05) is 24.6 Å². The highest BCUT2D eigenvalue weighted by Crippen LogP contribution is 2.15. The Labute approximate surface area is 122 Å². The van der Waals surface area contributed by atoms with Gasteiger partial charge in [-0.05, 0) is 57.3 Å². The van der Waals surface area contributed by atoms with Crippen LogP contribution >= 0.6 is 0 Å². The van der Waals surface area contributed by atoms with Crippen molar-refractivity contribution in [2.45, 2.75) is 33.1 Å². The van der Waals surface area contributed by atoms with Crippen molar-refractivity contribution >= 4 is 5.91 Å². The van der Waals surface area contributed by atoms with Gasteiger partial charge in [0, 0.05) is 18.7 Å². The monoisotopic (exact) mass is 274 g/mol. The summed E-state index contributed by atoms with van der Waals surface area (Å²) in [5, 5.41) is 3.43. The second-order valence-corrected chi connectivity index (χ2v) is 5.83. The Kier molecular flexibility index (Phi) is 5.60. The van der Waals surface area contributed by atoms with Crippen molar-refractivity contribution in [2.24, 2.45) is 5.92 Å². The molecule has 1 amide bonds. The minimum Gasteiger partial charge on any atom is -0.338 e. The molecule has 3 heteroatoms. The zero-order valence-corrected chi connectivity index (χ0v) is 12.7. The van der Waals surface area contributed by atoms with E-state index in [2.05, 4.69) is 12.2 Å². The molecule has 110 valence electrons. The van der Waals surface area contributed by atoms with E-state index in [0.717, 1.165) is 43.7 Å². The van der Waals surface area contributed by atoms with Gasteiger partial charge in [0.1, 0.15) is 0 Å². The summed E-state index contributed by atoms with van der Waals surface area (Å²) in [6.45, 7) is 8.07. The molecule has 1 atom stereocenters. The molecule has 1 aromatic carbocycles. The number of nitrogens with zero attached hydrogens (tertiary/aromatic N) is 1. The molecule has 1 fully saturated rings. The average Bonchev–Trinajstić information content (AvgIpc) is 2.47. The number of carbonyl (C=O) groups is 1. The molecule has 3 nitrogen and oxygen atoms in total. The standard InChI is InChI=1S/C17H26N2O/c1-3-10-19(13-15-7-5-9-18-12-15)17(20)16-8-4-6-14(2)11-16/h4,6,8,11,15,18H,3,5,7,9-10,12-13H2,1-2H3. The Balaban J connectivity index is 2.04. The van der Waals surface area contributed by atoms with Gasteiger partial charge in [-0.15, -0.1) is 0 Å². The molecule has 0 aromatic heterocycles. The van der Waals surface area contributed by atoms with Crippen LogP contribution in [0.3, 0.4) is 0 Å². The largest absolute Gasteiger partial charge is 0.338 e. The molecule has 0 aliphatic carbocycles. The summed E-state index contributed by atoms with van der Waals surface area (Å²) in [5.74, 6) is 0.783. The second-order valence-electron chi connectivity index (χ2n) is 5.83. The highest BCUT2D eigenvalue weighted by atomic mass is 16.2. The lowest BCUT2D eigenvalue weighted by atomic mass is 9.98. The molecule has 1 aliphatic rings. The summed E-state index contributed by atoms with van der Waals surface area (Å²) in [7, 11) is 0. The van der Waals surface area contributed by atoms with Crippen LogP contribution in [0.4, 0.5) is 0 Å². The van der Waals surface area contributed by atoms with E-state index in [0.29, 0.717) is 5.92 Å². The number of benzene rings is 1. The van der Waals surface area contributed by atoms with Crippen LogP contribution in [0.5, 0.6) is 0 Å². The van der Waals surface area contributed by atoms with Crippen LogP contribution in [0.1, 0.15) is 42.1 Å². The normalized spacial score (nSPS) is 18.8. The first-order valence-corrected chi connectivity index (χ1v) is 7.77. The zero-order valence-electron chi connectivity index (χ0n) is 12.7. The number of rotatable bonds is 5. The Bertz CT molecular complexity index is 438. The lowest BCUT2D eigenvalue weighted by Gasteiger charge is -2.30. The van der Waals surface area contributed by atoms with Gasteiger partial charge in [-0.2, -0.15) is 0 Å². The maximum absolute atomic E-state index is 12.7. The van der Waals surface area contributed by atoms with Crippen LogP contribution in [0.25, 0.3) is 0 Å². The van der Waals surface area contributed by atoms with Gasteiger partial charge in [0.15, 0.2) is 0 Å². The van der Waals surface area contributed by atoms with Gasteiger partial charge < -0.3 is 10.2 Å². The molecule has 0 bridgehead atoms. The molecule has 2 rings (SSSR count). The van der Waals surface area contributed by atoms with Crippen LogP contribution in [0.15, 0.2) is 24.3 Å². The van der Waals surface area contributed by atoms with Crippen molar-refractivity contribution in [3.8, 4) is 0 Å². The van der Waals surface area contributed by atoms with E-state index in [9.17, 15) is 4.79 Å². The van der Waals surface area contributed by atoms with Crippen LogP contribution in [0.2, 0.25) is 0 Å². The Morgan fingerprint density at radius 3 is 2.95 bits per heavy atom. The van der Waals surface area contributed by atoms with Crippen molar-refractivity contribution in [2.75, 3.05) is 26.2 Å². The van der Waals surface area contributed by atoms with Crippen LogP contribution in [0, 0.1) is 12.8 Å². The Hall–Kier alpha value is -1.35. The molecule has 0 spiro atoms. The van der Waals surface area contributed by atoms with Gasteiger partial charge in [0.05, 0.1) is 0 Å². The number of aryl methyl sites for hydroxylation is 1. The third-order valence-electron chi connectivity index (χ3n) is 3.92. The van der Waals surface area contributed by atoms with Crippen molar-refractivity contribution in [3.63, 3.8) is 0 Å². The van der Waals surface area contributed by atoms with E-state index in [1.54, 1.807) is 0 Å². The molecule has 1 N–H and O–H groups in total. The van der Waals surface area contributed by atoms with E-state index in [4.69, 9.17) is 0 Å². The molecule has 1 saturated heterocycles. The molecule has 1 unspecified atom stereocenters. The SMILES string of the molecule is CCCN(CC1CCCNC1)C(=O)c1cccc(C)c1. The fourth-order valence-corrected chi connectivity index (χ4v) is 2.90. The summed E-state index contributed by atoms with van der Waals surface area (Å²) in [6.07, 6.45) is 3.47. The molecule has 20 heavy (non-hydrogen) atoms. The van der Waals surface area contributed by atoms with Crippen molar-refractivity contribution in [3.05, 3.63) is 35.4 Å². The summed E-state index contributed by atoms with van der Waals surface area (Å²) >= 11 is 0. The van der Waals surface area contributed by atoms with Crippen molar-refractivity contribution < 1.29 is 4.79 Å². The first kappa shape index (κ1) is 15.0. The summed E-state index contributed by atoms with van der Waals surface area (Å²) in [6, 6.07) is 7.92. The number of nitrogens with one attached hydrogen (secondary N) is 1. The van der Waals surface area contributed by atoms with Gasteiger partial charge in [-0.3, -0.25) is 4.79 Å². The molecular weight excluding hydrogens is 248 g/mol. The predicted octanol–water partition coefficient (Wildman–Crippen LogP) is 2.85. The first-order valence-electron chi connectivity index (χ1n) is 7.77. The smallest absolute Gasteiger partial charge is 0.253 e. The van der Waals surface area contributed by atoms with E-state index >= 15 is 0 Å². The highest BCUT2D eigenvalue weighted by molar-refractivity contribution is 5.94. The quantitative estimate of drug-likeness (QED) is 0.895. The van der Waals surface area contributed by atoms with E-state index < -0.39 is 0 Å². The highest BCUT2D eigenvalue weighted by Gasteiger charge is 2.21. The lowest BCUT2D eigenvalue weighted by molar-refractivity contribution is 0.0718. The van der Waals surface area contributed by atoms with Gasteiger partial charge in [0.25, 0.3) is 5.91 Å². The minimum absolute atomic E-state index is 0.182. The molecule has 0 saturated carbocycles. The minimum atomic E-state index is 0.182. The van der Waals surface area contributed by atoms with E-state index in [-0.39, 0.29) is 5.91 Å². The Morgan fingerprint density at radius 1 is 1.45 bits per heavy atom. The van der Waals surface area contributed by atoms with Gasteiger partial charge >= 0.3 is 0 Å². The van der Waals surface area contributed by atoms with Gasteiger partial charge in [-0.25, -0.2) is 0 Å². The second kappa shape index (κ2) is 7.44. The fraction of sp³-hybridized carbons (Fsp3) is 0.588. The third kappa shape index (κ3) is 4.07. The lowest BCUT2D eigenvalue weighted by Crippen LogP contribution is -2.41. The molecule has 1 heterocycles. The molecular formula is C17H26N2O. The van der Waals surface area contributed by atoms with Crippen molar-refractivity contribution in [1.29, 1.82) is 0 Å². The maximum Gasteiger partial charge on any atom is 0.253 e. The fourth-order valence-electron chi connectivity index (χ4n) is 2.90. The number of hydrogen-bond donors (Lipinski definition) is 1. The van der Waals surface area contributed by atoms with Gasteiger partial charge in [0.2, 0.25) is 0 Å². The number of hydrogen-bond acceptors (Lipinski definition) is 2. The van der Waals surface area contributed by atoms with Crippen LogP contribution in [-0.2, 0) is 0 Å². The Morgan fingerprint density at radius 2 is 2.30 bits per heavy atom. The first-order chi connectivity index (χ1) is 9.70. The topological polar surface area (TPSA) is 32.3 Å². The number of carbonyl (C=O) groups excluding carboxylic acids is 1. The molecule has 1 aromatic rings. The van der Waals surface area contributed by atoms with Crippen LogP contribution < -0.4 is 5.32 Å². The van der Waals surface area contributed by atoms with Crippen molar-refractivity contribution in [1.82, 2.24) is 10.2 Å². The number of amides is 1.